The fraction of sp³-hybridized carbons (Fsp3) is 0.118. The van der Waals surface area contributed by atoms with Gasteiger partial charge in [-0.2, -0.15) is 4.98 Å². The number of rotatable bonds is 5. The van der Waals surface area contributed by atoms with Crippen molar-refractivity contribution in [3.05, 3.63) is 69.8 Å². The van der Waals surface area contributed by atoms with Crippen LogP contribution in [0.15, 0.2) is 47.0 Å². The average Bonchev–Trinajstić information content (AvgIpc) is 3.03. The van der Waals surface area contributed by atoms with Gasteiger partial charge in [-0.1, -0.05) is 40.5 Å². The van der Waals surface area contributed by atoms with Gasteiger partial charge in [-0.15, -0.1) is 0 Å². The number of amides is 1. The summed E-state index contributed by atoms with van der Waals surface area (Å²) in [4.78, 5) is 16.2. The van der Waals surface area contributed by atoms with Crippen molar-refractivity contribution in [1.82, 2.24) is 15.5 Å². The monoisotopic (exact) mass is 379 g/mol. The highest BCUT2D eigenvalue weighted by Gasteiger charge is 2.14. The number of hydrogen-bond acceptors (Lipinski definition) is 4. The number of carbonyl (C=O) groups is 1. The number of nitrogens with zero attached hydrogens (tertiary/aromatic N) is 2. The Bertz CT molecular complexity index is 914. The molecule has 3 aromatic rings. The topological polar surface area (TPSA) is 68.0 Å². The largest absolute Gasteiger partial charge is 0.351 e. The van der Waals surface area contributed by atoms with Crippen LogP contribution in [-0.4, -0.2) is 22.6 Å². The van der Waals surface area contributed by atoms with Crippen LogP contribution in [0.1, 0.15) is 16.2 Å². The highest BCUT2D eigenvalue weighted by molar-refractivity contribution is 6.36. The molecule has 25 heavy (non-hydrogen) atoms. The van der Waals surface area contributed by atoms with Crippen molar-refractivity contribution in [2.75, 3.05) is 6.54 Å². The van der Waals surface area contributed by atoms with Gasteiger partial charge in [0.2, 0.25) is 11.7 Å². The maximum atomic E-state index is 13.7. The summed E-state index contributed by atoms with van der Waals surface area (Å²) in [5.41, 5.74) is 0.582. The van der Waals surface area contributed by atoms with Crippen molar-refractivity contribution in [3.63, 3.8) is 0 Å². The van der Waals surface area contributed by atoms with E-state index in [-0.39, 0.29) is 28.9 Å². The number of carbonyl (C=O) groups excluding carboxylic acids is 1. The number of halogens is 3. The fourth-order valence-corrected chi connectivity index (χ4v) is 2.65. The summed E-state index contributed by atoms with van der Waals surface area (Å²) in [7, 11) is 0. The van der Waals surface area contributed by atoms with Gasteiger partial charge in [0.05, 0.1) is 16.1 Å². The summed E-state index contributed by atoms with van der Waals surface area (Å²) in [5.74, 6) is -0.308. The quantitative estimate of drug-likeness (QED) is 0.722. The summed E-state index contributed by atoms with van der Waals surface area (Å²) in [6, 6.07) is 10.8. The predicted molar refractivity (Wildman–Crippen MR) is 92.2 cm³/mol. The van der Waals surface area contributed by atoms with Gasteiger partial charge in [0.1, 0.15) is 5.82 Å². The minimum Gasteiger partial charge on any atom is -0.351 e. The Balaban J connectivity index is 1.59. The maximum Gasteiger partial charge on any atom is 0.252 e. The van der Waals surface area contributed by atoms with Crippen LogP contribution in [0.2, 0.25) is 10.0 Å². The van der Waals surface area contributed by atoms with Crippen LogP contribution in [0.5, 0.6) is 0 Å². The third-order valence-electron chi connectivity index (χ3n) is 3.38. The van der Waals surface area contributed by atoms with Crippen LogP contribution >= 0.6 is 23.2 Å². The smallest absolute Gasteiger partial charge is 0.252 e. The van der Waals surface area contributed by atoms with E-state index in [2.05, 4.69) is 15.5 Å². The number of hydrogen-bond donors (Lipinski definition) is 1. The molecule has 1 heterocycles. The van der Waals surface area contributed by atoms with Crippen LogP contribution < -0.4 is 5.32 Å². The number of benzene rings is 2. The molecule has 0 aliphatic rings. The lowest BCUT2D eigenvalue weighted by Gasteiger charge is -2.05. The first-order valence-electron chi connectivity index (χ1n) is 7.35. The third kappa shape index (κ3) is 4.15. The molecule has 128 valence electrons. The van der Waals surface area contributed by atoms with E-state index in [0.29, 0.717) is 22.9 Å². The van der Waals surface area contributed by atoms with Crippen LogP contribution in [0.3, 0.4) is 0 Å². The minimum atomic E-state index is -0.430. The van der Waals surface area contributed by atoms with E-state index in [1.54, 1.807) is 30.3 Å². The Morgan fingerprint density at radius 2 is 2.00 bits per heavy atom. The lowest BCUT2D eigenvalue weighted by Crippen LogP contribution is -2.26. The molecule has 0 unspecified atom stereocenters. The molecule has 5 nitrogen and oxygen atoms in total. The lowest BCUT2D eigenvalue weighted by molar-refractivity contribution is 0.0953. The van der Waals surface area contributed by atoms with Gasteiger partial charge >= 0.3 is 0 Å². The van der Waals surface area contributed by atoms with Crippen LogP contribution in [0.25, 0.3) is 11.4 Å². The Hall–Kier alpha value is -2.44. The zero-order chi connectivity index (χ0) is 17.8. The minimum absolute atomic E-state index is 0.167. The summed E-state index contributed by atoms with van der Waals surface area (Å²) in [6.07, 6.45) is 0.304. The second kappa shape index (κ2) is 7.63. The SMILES string of the molecule is O=C(NCCc1nc(-c2ccccc2F)no1)c1ccc(Cl)cc1Cl. The molecule has 0 saturated heterocycles. The standard InChI is InChI=1S/C17H12Cl2FN3O2/c18-10-5-6-11(13(19)9-10)17(24)21-8-7-15-22-16(23-25-15)12-3-1-2-4-14(12)20/h1-6,9H,7-8H2,(H,21,24). The summed E-state index contributed by atoms with van der Waals surface area (Å²) < 4.78 is 18.8. The maximum absolute atomic E-state index is 13.7. The van der Waals surface area contributed by atoms with Crippen LogP contribution in [0.4, 0.5) is 4.39 Å². The molecule has 1 aromatic heterocycles. The normalized spacial score (nSPS) is 10.7. The number of aromatic nitrogens is 2. The van der Waals surface area contributed by atoms with E-state index in [4.69, 9.17) is 27.7 Å². The first-order chi connectivity index (χ1) is 12.0. The van der Waals surface area contributed by atoms with Gasteiger partial charge in [-0.3, -0.25) is 4.79 Å². The van der Waals surface area contributed by atoms with Gasteiger partial charge in [0, 0.05) is 18.0 Å². The molecule has 0 aliphatic carbocycles. The molecule has 1 N–H and O–H groups in total. The summed E-state index contributed by atoms with van der Waals surface area (Å²) in [5, 5.41) is 7.17. The Morgan fingerprint density at radius 3 is 2.76 bits per heavy atom. The highest BCUT2D eigenvalue weighted by Crippen LogP contribution is 2.21. The van der Waals surface area contributed by atoms with Crippen molar-refractivity contribution < 1.29 is 13.7 Å². The Kier molecular flexibility index (Phi) is 5.31. The lowest BCUT2D eigenvalue weighted by atomic mass is 10.2. The molecule has 0 aliphatic heterocycles. The zero-order valence-electron chi connectivity index (χ0n) is 12.8. The highest BCUT2D eigenvalue weighted by atomic mass is 35.5. The molecule has 2 aromatic carbocycles. The third-order valence-corrected chi connectivity index (χ3v) is 3.93. The van der Waals surface area contributed by atoms with Gasteiger partial charge < -0.3 is 9.84 Å². The first-order valence-corrected chi connectivity index (χ1v) is 8.11. The molecule has 0 saturated carbocycles. The Morgan fingerprint density at radius 1 is 1.20 bits per heavy atom. The van der Waals surface area contributed by atoms with Gasteiger partial charge in [0.25, 0.3) is 5.91 Å². The van der Waals surface area contributed by atoms with Crippen molar-refractivity contribution >= 4 is 29.1 Å². The average molecular weight is 380 g/mol. The summed E-state index contributed by atoms with van der Waals surface area (Å²) in [6.45, 7) is 0.261. The van der Waals surface area contributed by atoms with Crippen molar-refractivity contribution in [2.24, 2.45) is 0 Å². The predicted octanol–water partition coefficient (Wildman–Crippen LogP) is 4.16. The molecular weight excluding hydrogens is 368 g/mol. The van der Waals surface area contributed by atoms with Crippen molar-refractivity contribution in [3.8, 4) is 11.4 Å². The van der Waals surface area contributed by atoms with Gasteiger partial charge in [0.15, 0.2) is 0 Å². The molecule has 0 spiro atoms. The molecular formula is C17H12Cl2FN3O2. The fourth-order valence-electron chi connectivity index (χ4n) is 2.16. The van der Waals surface area contributed by atoms with E-state index >= 15 is 0 Å². The molecule has 1 amide bonds. The van der Waals surface area contributed by atoms with Gasteiger partial charge in [-0.05, 0) is 30.3 Å². The van der Waals surface area contributed by atoms with Crippen molar-refractivity contribution in [2.45, 2.75) is 6.42 Å². The van der Waals surface area contributed by atoms with Gasteiger partial charge in [-0.25, -0.2) is 4.39 Å². The molecule has 0 radical (unpaired) electrons. The van der Waals surface area contributed by atoms with E-state index in [1.165, 1.54) is 12.1 Å². The van der Waals surface area contributed by atoms with Crippen molar-refractivity contribution in [1.29, 1.82) is 0 Å². The molecule has 0 fully saturated rings. The molecule has 0 atom stereocenters. The second-order valence-electron chi connectivity index (χ2n) is 5.12. The summed E-state index contributed by atoms with van der Waals surface area (Å²) >= 11 is 11.8. The van der Waals surface area contributed by atoms with Crippen LogP contribution in [-0.2, 0) is 6.42 Å². The molecule has 8 heteroatoms. The molecule has 3 rings (SSSR count). The van der Waals surface area contributed by atoms with E-state index in [0.717, 1.165) is 0 Å². The second-order valence-corrected chi connectivity index (χ2v) is 5.97. The van der Waals surface area contributed by atoms with E-state index in [9.17, 15) is 9.18 Å². The first kappa shape index (κ1) is 17.4. The zero-order valence-corrected chi connectivity index (χ0v) is 14.3. The number of nitrogens with one attached hydrogen (secondary N) is 1. The Labute approximate surface area is 152 Å². The van der Waals surface area contributed by atoms with E-state index in [1.807, 2.05) is 0 Å². The van der Waals surface area contributed by atoms with Crippen LogP contribution in [0, 0.1) is 5.82 Å². The molecule has 0 bridgehead atoms. The van der Waals surface area contributed by atoms with E-state index < -0.39 is 5.82 Å².